The van der Waals surface area contributed by atoms with Crippen LogP contribution in [0, 0.1) is 0 Å². The predicted molar refractivity (Wildman–Crippen MR) is 71.1 cm³/mol. The maximum atomic E-state index is 9.34. The Morgan fingerprint density at radius 1 is 1.37 bits per heavy atom. The summed E-state index contributed by atoms with van der Waals surface area (Å²) in [7, 11) is 1.58. The normalized spacial score (nSPS) is 10.5. The maximum absolute atomic E-state index is 9.34. The Hall–Kier alpha value is -2.01. The molecule has 0 radical (unpaired) electrons. The largest absolute Gasteiger partial charge is 0.493 e. The summed E-state index contributed by atoms with van der Waals surface area (Å²) in [5.74, 6) is 1.20. The Bertz CT molecular complexity index is 515. The van der Waals surface area contributed by atoms with E-state index in [0.717, 1.165) is 12.2 Å². The Kier molecular flexibility index (Phi) is 4.41. The van der Waals surface area contributed by atoms with Gasteiger partial charge in [0.05, 0.1) is 31.9 Å². The minimum atomic E-state index is -0.0838. The van der Waals surface area contributed by atoms with Crippen LogP contribution < -0.4 is 9.47 Å². The standard InChI is InChI=1S/C14H18N2O3/c1-3-16-10-15-7-12(16)9-19-14-11(8-17)5-4-6-13(14)18-2/h4-7,10,17H,3,8-9H2,1-2H3. The second-order valence-electron chi connectivity index (χ2n) is 4.07. The molecule has 0 fully saturated rings. The average Bonchev–Trinajstić information content (AvgIpc) is 2.91. The van der Waals surface area contributed by atoms with Crippen molar-refractivity contribution in [2.24, 2.45) is 0 Å². The van der Waals surface area contributed by atoms with Crippen molar-refractivity contribution in [1.29, 1.82) is 0 Å². The molecule has 5 nitrogen and oxygen atoms in total. The van der Waals surface area contributed by atoms with Crippen LogP contribution >= 0.6 is 0 Å². The first-order valence-electron chi connectivity index (χ1n) is 6.18. The fourth-order valence-electron chi connectivity index (χ4n) is 1.91. The van der Waals surface area contributed by atoms with Crippen molar-refractivity contribution in [1.82, 2.24) is 9.55 Å². The van der Waals surface area contributed by atoms with Crippen LogP contribution in [-0.4, -0.2) is 21.8 Å². The van der Waals surface area contributed by atoms with Crippen molar-refractivity contribution < 1.29 is 14.6 Å². The summed E-state index contributed by atoms with van der Waals surface area (Å²) in [6, 6.07) is 5.45. The highest BCUT2D eigenvalue weighted by molar-refractivity contribution is 5.46. The van der Waals surface area contributed by atoms with E-state index in [1.165, 1.54) is 0 Å². The van der Waals surface area contributed by atoms with Crippen molar-refractivity contribution >= 4 is 0 Å². The number of aryl methyl sites for hydroxylation is 1. The second-order valence-corrected chi connectivity index (χ2v) is 4.07. The predicted octanol–water partition coefficient (Wildman–Crippen LogP) is 1.98. The number of imidazole rings is 1. The molecule has 2 aromatic rings. The van der Waals surface area contributed by atoms with Crippen LogP contribution in [0.2, 0.25) is 0 Å². The van der Waals surface area contributed by atoms with Crippen LogP contribution in [0.1, 0.15) is 18.2 Å². The number of ether oxygens (including phenoxy) is 2. The van der Waals surface area contributed by atoms with E-state index in [1.807, 2.05) is 29.7 Å². The zero-order valence-corrected chi connectivity index (χ0v) is 11.2. The zero-order chi connectivity index (χ0) is 13.7. The van der Waals surface area contributed by atoms with E-state index in [0.29, 0.717) is 23.7 Å². The number of aromatic nitrogens is 2. The van der Waals surface area contributed by atoms with Crippen molar-refractivity contribution in [3.05, 3.63) is 42.0 Å². The number of rotatable bonds is 6. The molecule has 5 heteroatoms. The number of methoxy groups -OCH3 is 1. The average molecular weight is 262 g/mol. The first-order valence-corrected chi connectivity index (χ1v) is 6.18. The van der Waals surface area contributed by atoms with Crippen molar-refractivity contribution in [2.75, 3.05) is 7.11 Å². The van der Waals surface area contributed by atoms with Gasteiger partial charge in [0.15, 0.2) is 11.5 Å². The number of benzene rings is 1. The summed E-state index contributed by atoms with van der Waals surface area (Å²) in [5.41, 5.74) is 1.69. The molecule has 0 unspecified atom stereocenters. The first-order chi connectivity index (χ1) is 9.30. The van der Waals surface area contributed by atoms with E-state index >= 15 is 0 Å². The molecule has 0 aliphatic carbocycles. The molecule has 1 N–H and O–H groups in total. The van der Waals surface area contributed by atoms with Gasteiger partial charge in [-0.3, -0.25) is 0 Å². The lowest BCUT2D eigenvalue weighted by atomic mass is 10.2. The van der Waals surface area contributed by atoms with Crippen LogP contribution in [0.5, 0.6) is 11.5 Å². The molecule has 0 aliphatic rings. The monoisotopic (exact) mass is 262 g/mol. The Morgan fingerprint density at radius 2 is 2.21 bits per heavy atom. The molecule has 0 aliphatic heterocycles. The third-order valence-electron chi connectivity index (χ3n) is 2.95. The van der Waals surface area contributed by atoms with Crippen LogP contribution in [0.3, 0.4) is 0 Å². The molecular formula is C14H18N2O3. The molecule has 0 atom stereocenters. The fraction of sp³-hybridized carbons (Fsp3) is 0.357. The minimum Gasteiger partial charge on any atom is -0.493 e. The van der Waals surface area contributed by atoms with Gasteiger partial charge >= 0.3 is 0 Å². The van der Waals surface area contributed by atoms with Crippen molar-refractivity contribution in [3.63, 3.8) is 0 Å². The molecule has 0 bridgehead atoms. The summed E-state index contributed by atoms with van der Waals surface area (Å²) < 4.78 is 13.1. The Morgan fingerprint density at radius 3 is 2.89 bits per heavy atom. The highest BCUT2D eigenvalue weighted by Crippen LogP contribution is 2.31. The molecule has 0 saturated heterocycles. The number of aliphatic hydroxyl groups excluding tert-OH is 1. The number of hydrogen-bond acceptors (Lipinski definition) is 4. The zero-order valence-electron chi connectivity index (χ0n) is 11.2. The lowest BCUT2D eigenvalue weighted by Gasteiger charge is -2.14. The third-order valence-corrected chi connectivity index (χ3v) is 2.95. The molecule has 102 valence electrons. The molecule has 1 aromatic heterocycles. The lowest BCUT2D eigenvalue weighted by Crippen LogP contribution is -2.06. The van der Waals surface area contributed by atoms with Gasteiger partial charge in [0, 0.05) is 12.1 Å². The SMILES string of the molecule is CCn1cncc1COc1c(CO)cccc1OC. The van der Waals surface area contributed by atoms with Gasteiger partial charge in [0.25, 0.3) is 0 Å². The smallest absolute Gasteiger partial charge is 0.167 e. The van der Waals surface area contributed by atoms with Gasteiger partial charge in [-0.25, -0.2) is 4.98 Å². The fourth-order valence-corrected chi connectivity index (χ4v) is 1.91. The van der Waals surface area contributed by atoms with Crippen LogP contribution in [0.4, 0.5) is 0 Å². The van der Waals surface area contributed by atoms with Gasteiger partial charge < -0.3 is 19.1 Å². The molecule has 1 heterocycles. The Balaban J connectivity index is 2.19. The highest BCUT2D eigenvalue weighted by atomic mass is 16.5. The molecule has 0 saturated carbocycles. The topological polar surface area (TPSA) is 56.5 Å². The van der Waals surface area contributed by atoms with Gasteiger partial charge in [-0.2, -0.15) is 0 Å². The molecule has 2 rings (SSSR count). The van der Waals surface area contributed by atoms with Crippen molar-refractivity contribution in [3.8, 4) is 11.5 Å². The van der Waals surface area contributed by atoms with Gasteiger partial charge in [-0.1, -0.05) is 12.1 Å². The van der Waals surface area contributed by atoms with E-state index in [9.17, 15) is 5.11 Å². The number of hydrogen-bond donors (Lipinski definition) is 1. The summed E-state index contributed by atoms with van der Waals surface area (Å²) in [6.07, 6.45) is 3.55. The summed E-state index contributed by atoms with van der Waals surface area (Å²) in [6.45, 7) is 3.20. The molecule has 19 heavy (non-hydrogen) atoms. The molecule has 0 spiro atoms. The summed E-state index contributed by atoms with van der Waals surface area (Å²) >= 11 is 0. The third kappa shape index (κ3) is 2.88. The van der Waals surface area contributed by atoms with E-state index in [-0.39, 0.29) is 6.61 Å². The van der Waals surface area contributed by atoms with Gasteiger partial charge in [-0.15, -0.1) is 0 Å². The Labute approximate surface area is 112 Å². The lowest BCUT2D eigenvalue weighted by molar-refractivity contribution is 0.246. The van der Waals surface area contributed by atoms with E-state index in [4.69, 9.17) is 9.47 Å². The molecule has 1 aromatic carbocycles. The van der Waals surface area contributed by atoms with Gasteiger partial charge in [0.2, 0.25) is 0 Å². The molecule has 0 amide bonds. The van der Waals surface area contributed by atoms with E-state index < -0.39 is 0 Å². The van der Waals surface area contributed by atoms with Gasteiger partial charge in [0.1, 0.15) is 6.61 Å². The highest BCUT2D eigenvalue weighted by Gasteiger charge is 2.11. The maximum Gasteiger partial charge on any atom is 0.167 e. The van der Waals surface area contributed by atoms with Crippen LogP contribution in [-0.2, 0) is 19.8 Å². The quantitative estimate of drug-likeness (QED) is 0.865. The second kappa shape index (κ2) is 6.24. The molecular weight excluding hydrogens is 244 g/mol. The van der Waals surface area contributed by atoms with Crippen LogP contribution in [0.25, 0.3) is 0 Å². The van der Waals surface area contributed by atoms with Crippen molar-refractivity contribution in [2.45, 2.75) is 26.7 Å². The summed E-state index contributed by atoms with van der Waals surface area (Å²) in [4.78, 5) is 4.09. The van der Waals surface area contributed by atoms with E-state index in [2.05, 4.69) is 4.98 Å². The van der Waals surface area contributed by atoms with E-state index in [1.54, 1.807) is 19.6 Å². The number of nitrogens with zero attached hydrogens (tertiary/aromatic N) is 2. The first kappa shape index (κ1) is 13.4. The number of aliphatic hydroxyl groups is 1. The van der Waals surface area contributed by atoms with Crippen LogP contribution in [0.15, 0.2) is 30.7 Å². The van der Waals surface area contributed by atoms with Gasteiger partial charge in [-0.05, 0) is 13.0 Å². The minimum absolute atomic E-state index is 0.0838. The number of para-hydroxylation sites is 1. The summed E-state index contributed by atoms with van der Waals surface area (Å²) in [5, 5.41) is 9.34.